The van der Waals surface area contributed by atoms with Gasteiger partial charge in [-0.3, -0.25) is 0 Å². The summed E-state index contributed by atoms with van der Waals surface area (Å²) in [5, 5.41) is 4.45. The van der Waals surface area contributed by atoms with Gasteiger partial charge in [-0.05, 0) is 37.6 Å². The zero-order valence-electron chi connectivity index (χ0n) is 13.4. The van der Waals surface area contributed by atoms with Gasteiger partial charge in [0.1, 0.15) is 11.6 Å². The third-order valence-electron chi connectivity index (χ3n) is 4.28. The lowest BCUT2D eigenvalue weighted by molar-refractivity contribution is 0.167. The van der Waals surface area contributed by atoms with Crippen LogP contribution in [-0.2, 0) is 4.74 Å². The Kier molecular flexibility index (Phi) is 3.90. The quantitative estimate of drug-likeness (QED) is 0.738. The van der Waals surface area contributed by atoms with Gasteiger partial charge in [0.15, 0.2) is 5.65 Å². The first-order valence-corrected chi connectivity index (χ1v) is 8.03. The van der Waals surface area contributed by atoms with Gasteiger partial charge in [-0.1, -0.05) is 0 Å². The van der Waals surface area contributed by atoms with Gasteiger partial charge in [0.05, 0.1) is 24.5 Å². The van der Waals surface area contributed by atoms with Gasteiger partial charge in [-0.15, -0.1) is 0 Å². The third kappa shape index (κ3) is 2.73. The maximum absolute atomic E-state index is 13.9. The van der Waals surface area contributed by atoms with E-state index in [4.69, 9.17) is 9.47 Å². The molecule has 0 N–H and O–H groups in total. The molecule has 0 saturated carbocycles. The van der Waals surface area contributed by atoms with Crippen LogP contribution in [0.5, 0.6) is 5.75 Å². The second-order valence-corrected chi connectivity index (χ2v) is 6.03. The van der Waals surface area contributed by atoms with Crippen molar-refractivity contribution in [3.05, 3.63) is 48.2 Å². The van der Waals surface area contributed by atoms with E-state index in [1.165, 1.54) is 12.1 Å². The number of nitrogens with zero attached hydrogens (tertiary/aromatic N) is 3. The highest BCUT2D eigenvalue weighted by atomic mass is 19.1. The van der Waals surface area contributed by atoms with Crippen LogP contribution in [0.2, 0.25) is 0 Å². The summed E-state index contributed by atoms with van der Waals surface area (Å²) >= 11 is 0. The molecule has 2 aromatic heterocycles. The molecule has 1 aliphatic heterocycles. The van der Waals surface area contributed by atoms with Crippen LogP contribution in [-0.4, -0.2) is 34.4 Å². The number of rotatable bonds is 4. The molecular weight excluding hydrogens is 309 g/mol. The van der Waals surface area contributed by atoms with Gasteiger partial charge in [0.25, 0.3) is 0 Å². The van der Waals surface area contributed by atoms with Gasteiger partial charge in [-0.25, -0.2) is 13.9 Å². The summed E-state index contributed by atoms with van der Waals surface area (Å²) in [4.78, 5) is 4.39. The van der Waals surface area contributed by atoms with E-state index >= 15 is 0 Å². The lowest BCUT2D eigenvalue weighted by atomic mass is 10.0. The first-order valence-electron chi connectivity index (χ1n) is 8.03. The van der Waals surface area contributed by atoms with E-state index in [1.54, 1.807) is 16.8 Å². The van der Waals surface area contributed by atoms with E-state index in [9.17, 15) is 4.39 Å². The highest BCUT2D eigenvalue weighted by Crippen LogP contribution is 2.35. The molecule has 0 amide bonds. The summed E-state index contributed by atoms with van der Waals surface area (Å²) in [6, 6.07) is 6.39. The number of aromatic nitrogens is 3. The Labute approximate surface area is 139 Å². The average Bonchev–Trinajstić information content (AvgIpc) is 3.20. The SMILES string of the molecule is Cc1nn2cccnc2c1-c1cc(F)ccc1OCC1CCOC1. The van der Waals surface area contributed by atoms with Crippen LogP contribution in [0.25, 0.3) is 16.8 Å². The zero-order chi connectivity index (χ0) is 16.5. The third-order valence-corrected chi connectivity index (χ3v) is 4.28. The van der Waals surface area contributed by atoms with Crippen molar-refractivity contribution in [1.29, 1.82) is 0 Å². The van der Waals surface area contributed by atoms with Gasteiger partial charge in [0.2, 0.25) is 0 Å². The molecule has 24 heavy (non-hydrogen) atoms. The standard InChI is InChI=1S/C18H18FN3O2/c1-12-17(18-20-6-2-7-22(18)21-12)15-9-14(19)3-4-16(15)24-11-13-5-8-23-10-13/h2-4,6-7,9,13H,5,8,10-11H2,1H3. The van der Waals surface area contributed by atoms with E-state index < -0.39 is 0 Å². The number of fused-ring (bicyclic) bond motifs is 1. The molecule has 1 fully saturated rings. The molecule has 0 aliphatic carbocycles. The van der Waals surface area contributed by atoms with E-state index in [0.29, 0.717) is 36.1 Å². The Balaban J connectivity index is 1.75. The predicted octanol–water partition coefficient (Wildman–Crippen LogP) is 3.26. The van der Waals surface area contributed by atoms with Crippen molar-refractivity contribution < 1.29 is 13.9 Å². The fraction of sp³-hybridized carbons (Fsp3) is 0.333. The molecule has 1 aromatic carbocycles. The summed E-state index contributed by atoms with van der Waals surface area (Å²) in [6.07, 6.45) is 4.53. The average molecular weight is 327 g/mol. The Morgan fingerprint density at radius 1 is 1.42 bits per heavy atom. The summed E-state index contributed by atoms with van der Waals surface area (Å²) < 4.78 is 27.0. The van der Waals surface area contributed by atoms with Crippen LogP contribution < -0.4 is 4.74 Å². The van der Waals surface area contributed by atoms with Gasteiger partial charge in [0, 0.05) is 30.5 Å². The lowest BCUT2D eigenvalue weighted by Gasteiger charge is -2.14. The van der Waals surface area contributed by atoms with Crippen molar-refractivity contribution >= 4 is 5.65 Å². The minimum atomic E-state index is -0.309. The highest BCUT2D eigenvalue weighted by Gasteiger charge is 2.20. The number of benzene rings is 1. The zero-order valence-corrected chi connectivity index (χ0v) is 13.4. The summed E-state index contributed by atoms with van der Waals surface area (Å²) in [7, 11) is 0. The van der Waals surface area contributed by atoms with Gasteiger partial charge < -0.3 is 9.47 Å². The molecule has 1 saturated heterocycles. The minimum absolute atomic E-state index is 0.309. The van der Waals surface area contributed by atoms with Crippen molar-refractivity contribution in [2.75, 3.05) is 19.8 Å². The van der Waals surface area contributed by atoms with Crippen molar-refractivity contribution in [2.45, 2.75) is 13.3 Å². The maximum atomic E-state index is 13.9. The van der Waals surface area contributed by atoms with Crippen molar-refractivity contribution in [1.82, 2.24) is 14.6 Å². The summed E-state index contributed by atoms with van der Waals surface area (Å²) in [6.45, 7) is 3.95. The molecule has 1 aliphatic rings. The van der Waals surface area contributed by atoms with Crippen LogP contribution in [0.15, 0.2) is 36.7 Å². The Morgan fingerprint density at radius 3 is 3.17 bits per heavy atom. The first-order chi connectivity index (χ1) is 11.7. The molecule has 1 unspecified atom stereocenters. The molecule has 3 aromatic rings. The van der Waals surface area contributed by atoms with Crippen LogP contribution >= 0.6 is 0 Å². The normalized spacial score (nSPS) is 17.5. The fourth-order valence-electron chi connectivity index (χ4n) is 3.06. The molecule has 1 atom stereocenters. The van der Waals surface area contributed by atoms with Crippen molar-refractivity contribution in [3.63, 3.8) is 0 Å². The van der Waals surface area contributed by atoms with Crippen molar-refractivity contribution in [3.8, 4) is 16.9 Å². The number of hydrogen-bond donors (Lipinski definition) is 0. The molecule has 124 valence electrons. The molecule has 0 bridgehead atoms. The number of aryl methyl sites for hydroxylation is 1. The van der Waals surface area contributed by atoms with Gasteiger partial charge in [-0.2, -0.15) is 5.10 Å². The Morgan fingerprint density at radius 2 is 2.33 bits per heavy atom. The molecule has 0 radical (unpaired) electrons. The second kappa shape index (κ2) is 6.20. The maximum Gasteiger partial charge on any atom is 0.163 e. The Bertz CT molecular complexity index is 872. The summed E-state index contributed by atoms with van der Waals surface area (Å²) in [5.74, 6) is 0.717. The molecule has 3 heterocycles. The number of ether oxygens (including phenoxy) is 2. The van der Waals surface area contributed by atoms with Crippen LogP contribution in [0, 0.1) is 18.7 Å². The molecule has 0 spiro atoms. The molecule has 6 heteroatoms. The van der Waals surface area contributed by atoms with Gasteiger partial charge >= 0.3 is 0 Å². The number of halogens is 1. The van der Waals surface area contributed by atoms with Crippen molar-refractivity contribution in [2.24, 2.45) is 5.92 Å². The molecular formula is C18H18FN3O2. The van der Waals surface area contributed by atoms with E-state index in [-0.39, 0.29) is 5.82 Å². The highest BCUT2D eigenvalue weighted by molar-refractivity contribution is 5.83. The second-order valence-electron chi connectivity index (χ2n) is 6.03. The minimum Gasteiger partial charge on any atom is -0.493 e. The van der Waals surface area contributed by atoms with E-state index in [1.807, 2.05) is 19.2 Å². The topological polar surface area (TPSA) is 48.7 Å². The van der Waals surface area contributed by atoms with Crippen LogP contribution in [0.3, 0.4) is 0 Å². The van der Waals surface area contributed by atoms with Crippen LogP contribution in [0.1, 0.15) is 12.1 Å². The monoisotopic (exact) mass is 327 g/mol. The van der Waals surface area contributed by atoms with Crippen LogP contribution in [0.4, 0.5) is 4.39 Å². The first kappa shape index (κ1) is 15.1. The largest absolute Gasteiger partial charge is 0.493 e. The molecule has 5 nitrogen and oxygen atoms in total. The van der Waals surface area contributed by atoms with E-state index in [2.05, 4.69) is 10.1 Å². The van der Waals surface area contributed by atoms with E-state index in [0.717, 1.165) is 24.3 Å². The Hall–Kier alpha value is -2.47. The lowest BCUT2D eigenvalue weighted by Crippen LogP contribution is -2.12. The molecule has 4 rings (SSSR count). The summed E-state index contributed by atoms with van der Waals surface area (Å²) in [5.41, 5.74) is 2.95. The fourth-order valence-corrected chi connectivity index (χ4v) is 3.06. The predicted molar refractivity (Wildman–Crippen MR) is 87.5 cm³/mol. The smallest absolute Gasteiger partial charge is 0.163 e. The number of hydrogen-bond acceptors (Lipinski definition) is 4.